The summed E-state index contributed by atoms with van der Waals surface area (Å²) in [6, 6.07) is 57.2. The van der Waals surface area contributed by atoms with Crippen LogP contribution in [-0.4, -0.2) is 6.04 Å². The maximum absolute atomic E-state index is 2.58. The second-order valence-corrected chi connectivity index (χ2v) is 12.5. The number of aryl methyl sites for hydroxylation is 1. The predicted octanol–water partition coefficient (Wildman–Crippen LogP) is 10.8. The second kappa shape index (κ2) is 9.69. The quantitative estimate of drug-likeness (QED) is 0.193. The zero-order valence-corrected chi connectivity index (χ0v) is 24.9. The van der Waals surface area contributed by atoms with E-state index in [1.165, 1.54) is 71.9 Å². The molecule has 1 aliphatic heterocycles. The van der Waals surface area contributed by atoms with Crippen molar-refractivity contribution in [2.45, 2.75) is 31.2 Å². The van der Waals surface area contributed by atoms with Crippen molar-refractivity contribution in [1.29, 1.82) is 0 Å². The molecule has 0 radical (unpaired) electrons. The lowest BCUT2D eigenvalue weighted by Crippen LogP contribution is -2.34. The zero-order valence-electron chi connectivity index (χ0n) is 24.9. The predicted molar refractivity (Wildman–Crippen MR) is 185 cm³/mol. The lowest BCUT2D eigenvalue weighted by atomic mass is 9.67. The molecule has 7 aromatic rings. The average Bonchev–Trinajstić information content (AvgIpc) is 3.39. The summed E-state index contributed by atoms with van der Waals surface area (Å²) in [5, 5.41) is 5.22. The van der Waals surface area contributed by atoms with Crippen molar-refractivity contribution in [2.75, 3.05) is 4.90 Å². The van der Waals surface area contributed by atoms with Gasteiger partial charge in [0.25, 0.3) is 0 Å². The highest BCUT2D eigenvalue weighted by Crippen LogP contribution is 2.59. The summed E-state index contributed by atoms with van der Waals surface area (Å²) in [7, 11) is 0. The number of fused-ring (bicyclic) bond motifs is 8. The molecule has 0 amide bonds. The van der Waals surface area contributed by atoms with Gasteiger partial charge in [-0.2, -0.15) is 0 Å². The molecule has 0 bridgehead atoms. The number of anilines is 2. The Morgan fingerprint density at radius 3 is 2.05 bits per heavy atom. The lowest BCUT2D eigenvalue weighted by Gasteiger charge is -2.38. The number of rotatable bonds is 3. The molecule has 1 atom stereocenters. The lowest BCUT2D eigenvalue weighted by molar-refractivity contribution is 0.617. The Morgan fingerprint density at radius 1 is 0.568 bits per heavy atom. The minimum Gasteiger partial charge on any atom is -0.338 e. The molecule has 2 aliphatic rings. The molecule has 1 heteroatoms. The summed E-state index contributed by atoms with van der Waals surface area (Å²) in [5.74, 6) is 0. The van der Waals surface area contributed by atoms with Crippen molar-refractivity contribution in [2.24, 2.45) is 0 Å². The van der Waals surface area contributed by atoms with E-state index < -0.39 is 5.41 Å². The Kier molecular flexibility index (Phi) is 5.59. The molecule has 0 saturated carbocycles. The molecule has 1 unspecified atom stereocenters. The molecule has 1 heterocycles. The van der Waals surface area contributed by atoms with E-state index in [9.17, 15) is 0 Å². The molecule has 9 rings (SSSR count). The highest BCUT2D eigenvalue weighted by atomic mass is 15.2. The van der Waals surface area contributed by atoms with Crippen LogP contribution in [0.15, 0.2) is 152 Å². The van der Waals surface area contributed by atoms with Crippen LogP contribution < -0.4 is 4.90 Å². The third-order valence-corrected chi connectivity index (χ3v) is 10.2. The Hall–Kier alpha value is -5.14. The minimum atomic E-state index is -0.443. The van der Waals surface area contributed by atoms with Gasteiger partial charge in [-0.3, -0.25) is 0 Å². The summed E-state index contributed by atoms with van der Waals surface area (Å²) >= 11 is 0. The monoisotopic (exact) mass is 563 g/mol. The van der Waals surface area contributed by atoms with Gasteiger partial charge < -0.3 is 4.90 Å². The van der Waals surface area contributed by atoms with Crippen molar-refractivity contribution in [3.63, 3.8) is 0 Å². The molecule has 0 spiro atoms. The van der Waals surface area contributed by atoms with Gasteiger partial charge in [-0.15, -0.1) is 0 Å². The molecular weight excluding hydrogens is 530 g/mol. The van der Waals surface area contributed by atoms with Gasteiger partial charge in [-0.05, 0) is 98.5 Å². The van der Waals surface area contributed by atoms with E-state index in [-0.39, 0.29) is 0 Å². The Labute approximate surface area is 259 Å². The van der Waals surface area contributed by atoms with E-state index in [1.54, 1.807) is 0 Å². The second-order valence-electron chi connectivity index (χ2n) is 12.5. The summed E-state index contributed by atoms with van der Waals surface area (Å²) in [4.78, 5) is 2.58. The first-order valence-corrected chi connectivity index (χ1v) is 15.8. The van der Waals surface area contributed by atoms with Crippen LogP contribution in [0.5, 0.6) is 0 Å². The fourth-order valence-corrected chi connectivity index (χ4v) is 8.29. The smallest absolute Gasteiger partial charge is 0.0714 e. The van der Waals surface area contributed by atoms with Crippen molar-refractivity contribution in [3.05, 3.63) is 179 Å². The third kappa shape index (κ3) is 3.47. The average molecular weight is 564 g/mol. The molecular formula is C43H33N. The van der Waals surface area contributed by atoms with Gasteiger partial charge in [0, 0.05) is 17.4 Å². The maximum atomic E-state index is 2.58. The zero-order chi connectivity index (χ0) is 29.3. The molecule has 1 aliphatic carbocycles. The summed E-state index contributed by atoms with van der Waals surface area (Å²) in [5.41, 5.74) is 11.6. The van der Waals surface area contributed by atoms with E-state index in [2.05, 4.69) is 163 Å². The molecule has 7 aromatic carbocycles. The minimum absolute atomic E-state index is 0.418. The summed E-state index contributed by atoms with van der Waals surface area (Å²) in [6.07, 6.45) is 2.27. The number of hydrogen-bond donors (Lipinski definition) is 0. The van der Waals surface area contributed by atoms with Crippen LogP contribution in [0.1, 0.15) is 41.2 Å². The molecule has 0 fully saturated rings. The first-order chi connectivity index (χ1) is 21.7. The van der Waals surface area contributed by atoms with Crippen LogP contribution in [0.2, 0.25) is 0 Å². The fraction of sp³-hybridized carbons (Fsp3) is 0.116. The standard InChI is InChI=1S/C43H33N/c1-29-20-21-31-13-9-11-19-41(31)44(29)34-23-25-38-40(28-34)43(32-14-4-2-5-15-32,33-16-6-3-7-17-33)39-27-26-36-35-18-10-8-12-30(35)22-24-37(36)42(38)39/h2-19,22-29H,20-21H2,1H3. The largest absolute Gasteiger partial charge is 0.338 e. The van der Waals surface area contributed by atoms with E-state index in [0.29, 0.717) is 6.04 Å². The van der Waals surface area contributed by atoms with E-state index in [1.807, 2.05) is 0 Å². The Bertz CT molecular complexity index is 2160. The highest BCUT2D eigenvalue weighted by molar-refractivity contribution is 6.14. The fourth-order valence-electron chi connectivity index (χ4n) is 8.29. The van der Waals surface area contributed by atoms with Crippen molar-refractivity contribution in [3.8, 4) is 11.1 Å². The normalized spacial score (nSPS) is 16.5. The van der Waals surface area contributed by atoms with Gasteiger partial charge in [-0.25, -0.2) is 0 Å². The first kappa shape index (κ1) is 25.4. The van der Waals surface area contributed by atoms with E-state index in [4.69, 9.17) is 0 Å². The molecule has 0 saturated heterocycles. The molecule has 1 nitrogen and oxygen atoms in total. The van der Waals surface area contributed by atoms with Gasteiger partial charge in [0.2, 0.25) is 0 Å². The number of nitrogens with zero attached hydrogens (tertiary/aromatic N) is 1. The third-order valence-electron chi connectivity index (χ3n) is 10.2. The maximum Gasteiger partial charge on any atom is 0.0714 e. The van der Waals surface area contributed by atoms with E-state index in [0.717, 1.165) is 12.8 Å². The number of para-hydroxylation sites is 1. The molecule has 0 N–H and O–H groups in total. The van der Waals surface area contributed by atoms with Crippen LogP contribution in [0, 0.1) is 0 Å². The van der Waals surface area contributed by atoms with Gasteiger partial charge in [0.15, 0.2) is 0 Å². The van der Waals surface area contributed by atoms with Crippen LogP contribution in [0.3, 0.4) is 0 Å². The van der Waals surface area contributed by atoms with Crippen LogP contribution in [0.4, 0.5) is 11.4 Å². The topological polar surface area (TPSA) is 3.24 Å². The number of hydrogen-bond acceptors (Lipinski definition) is 1. The van der Waals surface area contributed by atoms with Gasteiger partial charge in [0.1, 0.15) is 0 Å². The van der Waals surface area contributed by atoms with Crippen LogP contribution in [0.25, 0.3) is 32.7 Å². The van der Waals surface area contributed by atoms with Gasteiger partial charge >= 0.3 is 0 Å². The Morgan fingerprint density at radius 2 is 1.25 bits per heavy atom. The van der Waals surface area contributed by atoms with E-state index >= 15 is 0 Å². The SMILES string of the molecule is CC1CCc2ccccc2N1c1ccc2c(c1)C(c1ccccc1)(c1ccccc1)c1ccc3c(ccc4ccccc43)c1-2. The van der Waals surface area contributed by atoms with Crippen molar-refractivity contribution >= 4 is 32.9 Å². The first-order valence-electron chi connectivity index (χ1n) is 15.8. The van der Waals surface area contributed by atoms with Crippen molar-refractivity contribution < 1.29 is 0 Å². The molecule has 0 aromatic heterocycles. The van der Waals surface area contributed by atoms with Gasteiger partial charge in [0.05, 0.1) is 5.41 Å². The Balaban J connectivity index is 1.41. The van der Waals surface area contributed by atoms with Gasteiger partial charge in [-0.1, -0.05) is 133 Å². The van der Waals surface area contributed by atoms with Crippen LogP contribution >= 0.6 is 0 Å². The highest BCUT2D eigenvalue weighted by Gasteiger charge is 2.47. The number of benzene rings is 7. The van der Waals surface area contributed by atoms with Crippen LogP contribution in [-0.2, 0) is 11.8 Å². The molecule has 210 valence electrons. The summed E-state index contributed by atoms with van der Waals surface area (Å²) in [6.45, 7) is 2.37. The molecule has 44 heavy (non-hydrogen) atoms. The van der Waals surface area contributed by atoms with Crippen molar-refractivity contribution in [1.82, 2.24) is 0 Å². The summed E-state index contributed by atoms with van der Waals surface area (Å²) < 4.78 is 0.